The van der Waals surface area contributed by atoms with Crippen LogP contribution in [0.1, 0.15) is 16.7 Å². The van der Waals surface area contributed by atoms with Gasteiger partial charge in [0.2, 0.25) is 5.95 Å². The molecule has 0 fully saturated rings. The number of rotatable bonds is 4. The van der Waals surface area contributed by atoms with Crippen LogP contribution in [0.4, 0.5) is 16.4 Å². The van der Waals surface area contributed by atoms with Crippen LogP contribution in [-0.2, 0) is 6.42 Å². The van der Waals surface area contributed by atoms with Crippen LogP contribution in [0.25, 0.3) is 0 Å². The van der Waals surface area contributed by atoms with Gasteiger partial charge in [-0.1, -0.05) is 24.0 Å². The standard InChI is InChI=1S/C20H18N6O/c21-19-24-13-17(14-25-19)7-6-15-3-1-5-18(11-15)26(20(22)27)10-8-16-4-2-9-23-12-16/h1-5,9,11-14H,8,10H2,(H2,22,27)(H2,21,24,25). The van der Waals surface area contributed by atoms with Crippen molar-refractivity contribution in [2.45, 2.75) is 6.42 Å². The fourth-order valence-electron chi connectivity index (χ4n) is 2.45. The summed E-state index contributed by atoms with van der Waals surface area (Å²) in [5.41, 5.74) is 14.1. The number of nitrogens with zero attached hydrogens (tertiary/aromatic N) is 4. The van der Waals surface area contributed by atoms with Gasteiger partial charge in [-0.05, 0) is 36.2 Å². The largest absolute Gasteiger partial charge is 0.368 e. The predicted octanol–water partition coefficient (Wildman–Crippen LogP) is 1.98. The zero-order chi connectivity index (χ0) is 19.1. The second kappa shape index (κ2) is 8.45. The van der Waals surface area contributed by atoms with E-state index in [1.54, 1.807) is 24.8 Å². The number of carbonyl (C=O) groups is 1. The Balaban J connectivity index is 1.77. The SMILES string of the molecule is NC(=O)N(CCc1cccnc1)c1cccc(C#Cc2cnc(N)nc2)c1. The third-order valence-corrected chi connectivity index (χ3v) is 3.79. The quantitative estimate of drug-likeness (QED) is 0.693. The Morgan fingerprint density at radius 3 is 2.52 bits per heavy atom. The number of pyridine rings is 1. The summed E-state index contributed by atoms with van der Waals surface area (Å²) in [5.74, 6) is 6.20. The molecular weight excluding hydrogens is 340 g/mol. The number of nitrogen functional groups attached to an aromatic ring is 1. The number of hydrogen-bond donors (Lipinski definition) is 2. The molecule has 0 aliphatic carbocycles. The molecule has 2 aromatic heterocycles. The molecule has 0 radical (unpaired) electrons. The van der Waals surface area contributed by atoms with Crippen LogP contribution in [0, 0.1) is 11.8 Å². The van der Waals surface area contributed by atoms with Crippen LogP contribution in [-0.4, -0.2) is 27.5 Å². The van der Waals surface area contributed by atoms with Gasteiger partial charge in [0.15, 0.2) is 0 Å². The van der Waals surface area contributed by atoms with Crippen molar-refractivity contribution in [3.63, 3.8) is 0 Å². The number of carbonyl (C=O) groups excluding carboxylic acids is 1. The number of benzene rings is 1. The molecule has 0 bridgehead atoms. The number of hydrogen-bond acceptors (Lipinski definition) is 5. The maximum absolute atomic E-state index is 11.9. The van der Waals surface area contributed by atoms with Crippen molar-refractivity contribution in [3.8, 4) is 11.8 Å². The van der Waals surface area contributed by atoms with E-state index in [9.17, 15) is 4.79 Å². The van der Waals surface area contributed by atoms with Crippen LogP contribution in [0.15, 0.2) is 61.2 Å². The number of nitrogens with two attached hydrogens (primary N) is 2. The highest BCUT2D eigenvalue weighted by molar-refractivity contribution is 5.90. The Morgan fingerprint density at radius 2 is 1.81 bits per heavy atom. The van der Waals surface area contributed by atoms with Gasteiger partial charge in [0, 0.05) is 42.6 Å². The van der Waals surface area contributed by atoms with Gasteiger partial charge in [0.25, 0.3) is 0 Å². The fraction of sp³-hybridized carbons (Fsp3) is 0.100. The zero-order valence-corrected chi connectivity index (χ0v) is 14.5. The molecule has 4 N–H and O–H groups in total. The number of anilines is 2. The van der Waals surface area contributed by atoms with Crippen molar-refractivity contribution in [1.82, 2.24) is 15.0 Å². The maximum Gasteiger partial charge on any atom is 0.319 e. The lowest BCUT2D eigenvalue weighted by Gasteiger charge is -2.20. The van der Waals surface area contributed by atoms with Crippen LogP contribution < -0.4 is 16.4 Å². The molecule has 1 aromatic carbocycles. The summed E-state index contributed by atoms with van der Waals surface area (Å²) < 4.78 is 0. The smallest absolute Gasteiger partial charge is 0.319 e. The molecule has 134 valence electrons. The topological polar surface area (TPSA) is 111 Å². The van der Waals surface area contributed by atoms with E-state index in [-0.39, 0.29) is 5.95 Å². The summed E-state index contributed by atoms with van der Waals surface area (Å²) in [6, 6.07) is 10.6. The number of urea groups is 1. The minimum absolute atomic E-state index is 0.202. The Labute approximate surface area is 157 Å². The van der Waals surface area contributed by atoms with E-state index in [4.69, 9.17) is 11.5 Å². The zero-order valence-electron chi connectivity index (χ0n) is 14.5. The van der Waals surface area contributed by atoms with Gasteiger partial charge in [0.05, 0.1) is 5.56 Å². The van der Waals surface area contributed by atoms with E-state index in [1.807, 2.05) is 36.4 Å². The highest BCUT2D eigenvalue weighted by Crippen LogP contribution is 2.16. The van der Waals surface area contributed by atoms with Gasteiger partial charge in [-0.25, -0.2) is 14.8 Å². The van der Waals surface area contributed by atoms with Crippen LogP contribution >= 0.6 is 0 Å². The third kappa shape index (κ3) is 5.03. The van der Waals surface area contributed by atoms with E-state index < -0.39 is 6.03 Å². The minimum Gasteiger partial charge on any atom is -0.368 e. The fourth-order valence-corrected chi connectivity index (χ4v) is 2.45. The Hall–Kier alpha value is -3.92. The molecule has 3 aromatic rings. The number of amides is 2. The third-order valence-electron chi connectivity index (χ3n) is 3.79. The summed E-state index contributed by atoms with van der Waals surface area (Å²) in [5, 5.41) is 0. The van der Waals surface area contributed by atoms with E-state index in [2.05, 4.69) is 26.8 Å². The summed E-state index contributed by atoms with van der Waals surface area (Å²) in [6.45, 7) is 0.448. The van der Waals surface area contributed by atoms with Gasteiger partial charge >= 0.3 is 6.03 Å². The molecule has 0 spiro atoms. The Morgan fingerprint density at radius 1 is 1.04 bits per heavy atom. The maximum atomic E-state index is 11.9. The first kappa shape index (κ1) is 17.9. The molecule has 0 saturated carbocycles. The molecule has 7 nitrogen and oxygen atoms in total. The first-order valence-electron chi connectivity index (χ1n) is 8.27. The molecule has 0 aliphatic rings. The molecule has 3 rings (SSSR count). The number of primary amides is 1. The Kier molecular flexibility index (Phi) is 5.60. The van der Waals surface area contributed by atoms with Crippen molar-refractivity contribution in [1.29, 1.82) is 0 Å². The van der Waals surface area contributed by atoms with Crippen molar-refractivity contribution in [3.05, 3.63) is 77.9 Å². The normalized spacial score (nSPS) is 9.93. The highest BCUT2D eigenvalue weighted by atomic mass is 16.2. The Bertz CT molecular complexity index is 977. The molecular formula is C20H18N6O. The molecule has 27 heavy (non-hydrogen) atoms. The molecule has 2 heterocycles. The lowest BCUT2D eigenvalue weighted by molar-refractivity contribution is 0.254. The van der Waals surface area contributed by atoms with Gasteiger partial charge in [0.1, 0.15) is 0 Å². The van der Waals surface area contributed by atoms with Crippen molar-refractivity contribution < 1.29 is 4.79 Å². The highest BCUT2D eigenvalue weighted by Gasteiger charge is 2.12. The van der Waals surface area contributed by atoms with Crippen molar-refractivity contribution >= 4 is 17.7 Å². The average Bonchev–Trinajstić information content (AvgIpc) is 2.69. The molecule has 0 aliphatic heterocycles. The second-order valence-corrected chi connectivity index (χ2v) is 5.73. The molecule has 0 atom stereocenters. The van der Waals surface area contributed by atoms with E-state index >= 15 is 0 Å². The molecule has 0 saturated heterocycles. The summed E-state index contributed by atoms with van der Waals surface area (Å²) in [6.07, 6.45) is 7.25. The van der Waals surface area contributed by atoms with Crippen LogP contribution in [0.2, 0.25) is 0 Å². The summed E-state index contributed by atoms with van der Waals surface area (Å²) in [7, 11) is 0. The van der Waals surface area contributed by atoms with Crippen LogP contribution in [0.3, 0.4) is 0 Å². The lowest BCUT2D eigenvalue weighted by Crippen LogP contribution is -2.37. The van der Waals surface area contributed by atoms with Gasteiger partial charge in [-0.3, -0.25) is 9.88 Å². The molecule has 7 heteroatoms. The average molecular weight is 358 g/mol. The van der Waals surface area contributed by atoms with Gasteiger partial charge < -0.3 is 11.5 Å². The van der Waals surface area contributed by atoms with Crippen molar-refractivity contribution in [2.24, 2.45) is 5.73 Å². The van der Waals surface area contributed by atoms with Crippen molar-refractivity contribution in [2.75, 3.05) is 17.2 Å². The second-order valence-electron chi connectivity index (χ2n) is 5.73. The monoisotopic (exact) mass is 358 g/mol. The van der Waals surface area contributed by atoms with Gasteiger partial charge in [-0.2, -0.15) is 0 Å². The van der Waals surface area contributed by atoms with E-state index in [0.29, 0.717) is 24.2 Å². The van der Waals surface area contributed by atoms with Gasteiger partial charge in [-0.15, -0.1) is 0 Å². The molecule has 0 unspecified atom stereocenters. The minimum atomic E-state index is -0.518. The lowest BCUT2D eigenvalue weighted by atomic mass is 10.1. The summed E-state index contributed by atoms with van der Waals surface area (Å²) in [4.78, 5) is 25.3. The first-order valence-corrected chi connectivity index (χ1v) is 8.27. The van der Waals surface area contributed by atoms with E-state index in [0.717, 1.165) is 11.1 Å². The van der Waals surface area contributed by atoms with Crippen LogP contribution in [0.5, 0.6) is 0 Å². The molecule has 2 amide bonds. The summed E-state index contributed by atoms with van der Waals surface area (Å²) >= 11 is 0. The van der Waals surface area contributed by atoms with E-state index in [1.165, 1.54) is 4.90 Å². The number of aromatic nitrogens is 3. The predicted molar refractivity (Wildman–Crippen MR) is 104 cm³/mol. The first-order chi connectivity index (χ1) is 13.1.